The van der Waals surface area contributed by atoms with E-state index in [1.807, 2.05) is 30.3 Å². The van der Waals surface area contributed by atoms with Crippen LogP contribution in [0.4, 0.5) is 0 Å². The summed E-state index contributed by atoms with van der Waals surface area (Å²) in [4.78, 5) is 25.2. The molecule has 134 valence electrons. The molecule has 0 radical (unpaired) electrons. The Labute approximate surface area is 154 Å². The topological polar surface area (TPSA) is 103 Å². The van der Waals surface area contributed by atoms with Crippen LogP contribution >= 0.6 is 0 Å². The van der Waals surface area contributed by atoms with E-state index in [4.69, 9.17) is 9.26 Å². The number of nitrogens with zero attached hydrogens (tertiary/aromatic N) is 4. The number of hydrogen-bond acceptors (Lipinski definition) is 7. The highest BCUT2D eigenvalue weighted by Crippen LogP contribution is 2.24. The molecule has 0 unspecified atom stereocenters. The number of para-hydroxylation sites is 1. The Balaban J connectivity index is 1.50. The molecule has 3 aromatic heterocycles. The van der Waals surface area contributed by atoms with E-state index in [1.54, 1.807) is 31.5 Å². The normalized spacial score (nSPS) is 10.7. The van der Waals surface area contributed by atoms with Gasteiger partial charge in [0.05, 0.1) is 19.2 Å². The Bertz CT molecular complexity index is 1090. The van der Waals surface area contributed by atoms with Gasteiger partial charge in [0.15, 0.2) is 0 Å². The molecule has 3 heterocycles. The van der Waals surface area contributed by atoms with Gasteiger partial charge in [-0.05, 0) is 24.3 Å². The third kappa shape index (κ3) is 3.45. The second kappa shape index (κ2) is 7.20. The van der Waals surface area contributed by atoms with Crippen molar-refractivity contribution in [3.05, 3.63) is 66.3 Å². The number of hydrogen-bond donors (Lipinski definition) is 1. The fourth-order valence-electron chi connectivity index (χ4n) is 2.60. The summed E-state index contributed by atoms with van der Waals surface area (Å²) in [6.07, 6.45) is 1.64. The van der Waals surface area contributed by atoms with E-state index in [2.05, 4.69) is 25.4 Å². The van der Waals surface area contributed by atoms with Crippen LogP contribution < -0.4 is 10.1 Å². The van der Waals surface area contributed by atoms with Crippen LogP contribution in [0.3, 0.4) is 0 Å². The summed E-state index contributed by atoms with van der Waals surface area (Å²) < 4.78 is 10.5. The molecule has 0 saturated carbocycles. The van der Waals surface area contributed by atoms with E-state index in [0.717, 1.165) is 5.39 Å². The van der Waals surface area contributed by atoms with Crippen molar-refractivity contribution < 1.29 is 14.1 Å². The molecular weight excluding hydrogens is 346 g/mol. The molecule has 8 nitrogen and oxygen atoms in total. The maximum absolute atomic E-state index is 12.5. The average molecular weight is 361 g/mol. The number of carbonyl (C=O) groups is 1. The molecule has 8 heteroatoms. The second-order valence-electron chi connectivity index (χ2n) is 5.64. The van der Waals surface area contributed by atoms with Gasteiger partial charge in [-0.15, -0.1) is 0 Å². The highest BCUT2D eigenvalue weighted by Gasteiger charge is 2.14. The van der Waals surface area contributed by atoms with E-state index < -0.39 is 0 Å². The summed E-state index contributed by atoms with van der Waals surface area (Å²) in [5, 5.41) is 7.43. The molecule has 1 N–H and O–H groups in total. The van der Waals surface area contributed by atoms with Gasteiger partial charge in [-0.1, -0.05) is 23.4 Å². The molecule has 0 spiro atoms. The summed E-state index contributed by atoms with van der Waals surface area (Å²) >= 11 is 0. The minimum atomic E-state index is -0.364. The lowest BCUT2D eigenvalue weighted by Crippen LogP contribution is -2.24. The minimum Gasteiger partial charge on any atom is -0.496 e. The zero-order valence-electron chi connectivity index (χ0n) is 14.4. The molecule has 0 aliphatic rings. The van der Waals surface area contributed by atoms with Crippen LogP contribution in [-0.2, 0) is 6.54 Å². The number of aromatic nitrogens is 4. The van der Waals surface area contributed by atoms with Gasteiger partial charge in [-0.2, -0.15) is 4.98 Å². The molecule has 0 saturated heterocycles. The van der Waals surface area contributed by atoms with Crippen LogP contribution in [0.5, 0.6) is 5.75 Å². The van der Waals surface area contributed by atoms with Crippen molar-refractivity contribution in [2.45, 2.75) is 6.54 Å². The largest absolute Gasteiger partial charge is 0.496 e. The van der Waals surface area contributed by atoms with E-state index in [-0.39, 0.29) is 24.0 Å². The maximum Gasteiger partial charge on any atom is 0.270 e. The van der Waals surface area contributed by atoms with Crippen molar-refractivity contribution in [2.75, 3.05) is 7.11 Å². The first kappa shape index (κ1) is 16.6. The monoisotopic (exact) mass is 361 g/mol. The number of methoxy groups -OCH3 is 1. The molecule has 0 aliphatic heterocycles. The van der Waals surface area contributed by atoms with Crippen LogP contribution in [0.25, 0.3) is 22.4 Å². The minimum absolute atomic E-state index is 0.0789. The smallest absolute Gasteiger partial charge is 0.270 e. The third-order valence-corrected chi connectivity index (χ3v) is 3.89. The number of nitrogens with one attached hydrogen (secondary N) is 1. The SMILES string of the molecule is COc1cc(C(=O)NCc2nc(-c3ccccn3)no2)nc2ccccc12. The standard InChI is InChI=1S/C19H15N5O3/c1-26-16-10-15(22-13-7-3-2-6-12(13)16)19(25)21-11-17-23-18(24-27-17)14-8-4-5-9-20-14/h2-10H,11H2,1H3,(H,21,25). The maximum atomic E-state index is 12.5. The van der Waals surface area contributed by atoms with Gasteiger partial charge >= 0.3 is 0 Å². The summed E-state index contributed by atoms with van der Waals surface area (Å²) in [7, 11) is 1.56. The van der Waals surface area contributed by atoms with Crippen molar-refractivity contribution in [2.24, 2.45) is 0 Å². The van der Waals surface area contributed by atoms with Gasteiger partial charge in [0.25, 0.3) is 5.91 Å². The highest BCUT2D eigenvalue weighted by molar-refractivity contribution is 5.96. The van der Waals surface area contributed by atoms with Crippen LogP contribution in [0.15, 0.2) is 59.3 Å². The number of carbonyl (C=O) groups excluding carboxylic acids is 1. The first-order chi connectivity index (χ1) is 13.2. The quantitative estimate of drug-likeness (QED) is 0.583. The number of rotatable bonds is 5. The zero-order valence-corrected chi connectivity index (χ0v) is 14.4. The van der Waals surface area contributed by atoms with Crippen molar-refractivity contribution in [3.8, 4) is 17.3 Å². The lowest BCUT2D eigenvalue weighted by molar-refractivity contribution is 0.0941. The Morgan fingerprint density at radius 3 is 2.81 bits per heavy atom. The third-order valence-electron chi connectivity index (χ3n) is 3.89. The Morgan fingerprint density at radius 2 is 2.00 bits per heavy atom. The molecule has 4 aromatic rings. The van der Waals surface area contributed by atoms with Gasteiger partial charge in [0.2, 0.25) is 11.7 Å². The number of ether oxygens (including phenoxy) is 1. The molecule has 0 atom stereocenters. The van der Waals surface area contributed by atoms with Crippen molar-refractivity contribution in [1.82, 2.24) is 25.4 Å². The van der Waals surface area contributed by atoms with E-state index in [1.165, 1.54) is 0 Å². The number of amides is 1. The number of benzene rings is 1. The van der Waals surface area contributed by atoms with Gasteiger partial charge in [-0.3, -0.25) is 9.78 Å². The van der Waals surface area contributed by atoms with Crippen LogP contribution in [0, 0.1) is 0 Å². The number of fused-ring (bicyclic) bond motifs is 1. The highest BCUT2D eigenvalue weighted by atomic mass is 16.5. The predicted octanol–water partition coefficient (Wildman–Crippen LogP) is 2.62. The lowest BCUT2D eigenvalue weighted by Gasteiger charge is -2.08. The van der Waals surface area contributed by atoms with Crippen LogP contribution in [0.1, 0.15) is 16.4 Å². The molecule has 27 heavy (non-hydrogen) atoms. The molecule has 1 aromatic carbocycles. The van der Waals surface area contributed by atoms with Crippen molar-refractivity contribution in [3.63, 3.8) is 0 Å². The Kier molecular flexibility index (Phi) is 4.44. The zero-order chi connectivity index (χ0) is 18.6. The van der Waals surface area contributed by atoms with Crippen LogP contribution in [-0.4, -0.2) is 33.1 Å². The van der Waals surface area contributed by atoms with Crippen molar-refractivity contribution in [1.29, 1.82) is 0 Å². The molecule has 0 bridgehead atoms. The van der Waals surface area contributed by atoms with E-state index in [0.29, 0.717) is 22.8 Å². The summed E-state index contributed by atoms with van der Waals surface area (Å²) in [6, 6.07) is 14.5. The molecule has 0 aliphatic carbocycles. The van der Waals surface area contributed by atoms with Crippen molar-refractivity contribution >= 4 is 16.8 Å². The summed E-state index contributed by atoms with van der Waals surface area (Å²) in [6.45, 7) is 0.0789. The second-order valence-corrected chi connectivity index (χ2v) is 5.64. The van der Waals surface area contributed by atoms with E-state index >= 15 is 0 Å². The van der Waals surface area contributed by atoms with Gasteiger partial charge in [-0.25, -0.2) is 4.98 Å². The molecule has 4 rings (SSSR count). The lowest BCUT2D eigenvalue weighted by atomic mass is 10.2. The van der Waals surface area contributed by atoms with Gasteiger partial charge < -0.3 is 14.6 Å². The first-order valence-electron chi connectivity index (χ1n) is 8.20. The predicted molar refractivity (Wildman–Crippen MR) is 97.0 cm³/mol. The molecule has 1 amide bonds. The Hall–Kier alpha value is -3.81. The summed E-state index contributed by atoms with van der Waals surface area (Å²) in [5.74, 6) is 0.861. The fourth-order valence-corrected chi connectivity index (χ4v) is 2.60. The molecular formula is C19H15N5O3. The van der Waals surface area contributed by atoms with Gasteiger partial charge in [0, 0.05) is 17.6 Å². The number of pyridine rings is 2. The Morgan fingerprint density at radius 1 is 1.15 bits per heavy atom. The summed E-state index contributed by atoms with van der Waals surface area (Å²) in [5.41, 5.74) is 1.52. The van der Waals surface area contributed by atoms with Gasteiger partial charge in [0.1, 0.15) is 17.1 Å². The molecule has 0 fully saturated rings. The van der Waals surface area contributed by atoms with E-state index in [9.17, 15) is 4.79 Å². The fraction of sp³-hybridized carbons (Fsp3) is 0.105. The average Bonchev–Trinajstić information content (AvgIpc) is 3.21. The van der Waals surface area contributed by atoms with Crippen LogP contribution in [0.2, 0.25) is 0 Å². The first-order valence-corrected chi connectivity index (χ1v) is 8.20.